The van der Waals surface area contributed by atoms with E-state index in [1.165, 1.54) is 0 Å². The van der Waals surface area contributed by atoms with Crippen LogP contribution in [0.4, 0.5) is 0 Å². The van der Waals surface area contributed by atoms with Crippen molar-refractivity contribution in [1.82, 2.24) is 4.98 Å². The third-order valence-electron chi connectivity index (χ3n) is 3.31. The molecule has 0 aliphatic carbocycles. The van der Waals surface area contributed by atoms with Crippen molar-refractivity contribution in [2.24, 2.45) is 0 Å². The van der Waals surface area contributed by atoms with Crippen molar-refractivity contribution in [3.05, 3.63) is 59.2 Å². The fourth-order valence-corrected chi connectivity index (χ4v) is 2.41. The van der Waals surface area contributed by atoms with Gasteiger partial charge in [-0.05, 0) is 41.5 Å². The van der Waals surface area contributed by atoms with Gasteiger partial charge in [0, 0.05) is 16.5 Å². The lowest BCUT2D eigenvalue weighted by molar-refractivity contribution is 0.111. The summed E-state index contributed by atoms with van der Waals surface area (Å²) in [7, 11) is 1.60. The van der Waals surface area contributed by atoms with E-state index in [9.17, 15) is 4.79 Å². The first-order valence-corrected chi connectivity index (χ1v) is 6.79. The van der Waals surface area contributed by atoms with Gasteiger partial charge >= 0.3 is 0 Å². The van der Waals surface area contributed by atoms with Crippen LogP contribution in [0.1, 0.15) is 10.5 Å². The first-order valence-electron chi connectivity index (χ1n) is 6.41. The molecular formula is C17H12ClNO2. The molecular weight excluding hydrogens is 286 g/mol. The minimum Gasteiger partial charge on any atom is -0.497 e. The van der Waals surface area contributed by atoms with Crippen molar-refractivity contribution in [3.63, 3.8) is 0 Å². The predicted molar refractivity (Wildman–Crippen MR) is 84.1 cm³/mol. The van der Waals surface area contributed by atoms with Crippen molar-refractivity contribution >= 4 is 28.8 Å². The summed E-state index contributed by atoms with van der Waals surface area (Å²) >= 11 is 5.93. The lowest BCUT2D eigenvalue weighted by Gasteiger charge is -2.09. The molecule has 0 saturated heterocycles. The molecule has 0 aliphatic rings. The molecule has 2 aromatic carbocycles. The molecule has 0 atom stereocenters. The van der Waals surface area contributed by atoms with Gasteiger partial charge in [-0.1, -0.05) is 23.7 Å². The Morgan fingerprint density at radius 1 is 1.10 bits per heavy atom. The van der Waals surface area contributed by atoms with E-state index in [0.29, 0.717) is 16.5 Å². The summed E-state index contributed by atoms with van der Waals surface area (Å²) in [4.78, 5) is 15.5. The molecule has 3 aromatic rings. The number of hydrogen-bond donors (Lipinski definition) is 0. The average Bonchev–Trinajstić information content (AvgIpc) is 2.54. The van der Waals surface area contributed by atoms with Crippen LogP contribution in [0.15, 0.2) is 48.5 Å². The molecule has 3 nitrogen and oxygen atoms in total. The van der Waals surface area contributed by atoms with Gasteiger partial charge in [0.05, 0.1) is 12.6 Å². The number of nitrogens with zero attached hydrogens (tertiary/aromatic N) is 1. The van der Waals surface area contributed by atoms with E-state index >= 15 is 0 Å². The first kappa shape index (κ1) is 13.6. The van der Waals surface area contributed by atoms with Gasteiger partial charge in [0.25, 0.3) is 0 Å². The number of rotatable bonds is 3. The number of fused-ring (bicyclic) bond motifs is 1. The van der Waals surface area contributed by atoms with E-state index in [4.69, 9.17) is 16.3 Å². The van der Waals surface area contributed by atoms with Crippen molar-refractivity contribution in [2.75, 3.05) is 7.11 Å². The third kappa shape index (κ3) is 2.60. The second kappa shape index (κ2) is 5.54. The van der Waals surface area contributed by atoms with E-state index in [-0.39, 0.29) is 0 Å². The number of ether oxygens (including phenoxy) is 1. The zero-order valence-electron chi connectivity index (χ0n) is 11.3. The average molecular weight is 298 g/mol. The van der Waals surface area contributed by atoms with Crippen LogP contribution in [0.2, 0.25) is 5.02 Å². The minimum atomic E-state index is 0.390. The molecule has 0 spiro atoms. The highest BCUT2D eigenvalue weighted by Gasteiger charge is 2.09. The van der Waals surface area contributed by atoms with Crippen LogP contribution in [0, 0.1) is 0 Å². The normalized spacial score (nSPS) is 10.6. The van der Waals surface area contributed by atoms with Crippen molar-refractivity contribution in [3.8, 4) is 16.9 Å². The summed E-state index contributed by atoms with van der Waals surface area (Å²) in [6.07, 6.45) is 0.748. The highest BCUT2D eigenvalue weighted by Crippen LogP contribution is 2.31. The van der Waals surface area contributed by atoms with Gasteiger partial charge in [0.2, 0.25) is 0 Å². The third-order valence-corrected chi connectivity index (χ3v) is 3.56. The quantitative estimate of drug-likeness (QED) is 0.674. The second-order valence-electron chi connectivity index (χ2n) is 4.60. The van der Waals surface area contributed by atoms with Gasteiger partial charge in [0.15, 0.2) is 6.29 Å². The van der Waals surface area contributed by atoms with Crippen molar-refractivity contribution in [1.29, 1.82) is 0 Å². The summed E-state index contributed by atoms with van der Waals surface area (Å²) < 4.78 is 5.21. The van der Waals surface area contributed by atoms with Gasteiger partial charge < -0.3 is 4.74 Å². The Morgan fingerprint density at radius 2 is 1.86 bits per heavy atom. The highest BCUT2D eigenvalue weighted by atomic mass is 35.5. The van der Waals surface area contributed by atoms with Gasteiger partial charge in [-0.15, -0.1) is 0 Å². The molecule has 0 N–H and O–H groups in total. The Balaban J connectivity index is 2.29. The van der Waals surface area contributed by atoms with E-state index < -0.39 is 0 Å². The molecule has 21 heavy (non-hydrogen) atoms. The van der Waals surface area contributed by atoms with Gasteiger partial charge in [-0.2, -0.15) is 0 Å². The number of benzene rings is 2. The SMILES string of the molecule is COc1ccc2c(-c3ccc(Cl)cc3)cc(C=O)nc2c1. The van der Waals surface area contributed by atoms with Crippen molar-refractivity contribution in [2.45, 2.75) is 0 Å². The first-order chi connectivity index (χ1) is 10.2. The van der Waals surface area contributed by atoms with Crippen LogP contribution in [0.3, 0.4) is 0 Å². The lowest BCUT2D eigenvalue weighted by atomic mass is 10.00. The zero-order chi connectivity index (χ0) is 14.8. The summed E-state index contributed by atoms with van der Waals surface area (Å²) in [5.41, 5.74) is 3.05. The molecule has 0 radical (unpaired) electrons. The van der Waals surface area contributed by atoms with Crippen molar-refractivity contribution < 1.29 is 9.53 Å². The Kier molecular flexibility index (Phi) is 3.59. The molecule has 104 valence electrons. The summed E-state index contributed by atoms with van der Waals surface area (Å²) in [6, 6.07) is 14.9. The van der Waals surface area contributed by atoms with Crippen LogP contribution in [0.5, 0.6) is 5.75 Å². The van der Waals surface area contributed by atoms with Gasteiger partial charge in [0.1, 0.15) is 11.4 Å². The summed E-state index contributed by atoms with van der Waals surface area (Å²) in [5.74, 6) is 0.708. The largest absolute Gasteiger partial charge is 0.497 e. The molecule has 0 aliphatic heterocycles. The number of aldehydes is 1. The molecule has 0 fully saturated rings. The van der Waals surface area contributed by atoms with E-state index in [0.717, 1.165) is 28.3 Å². The summed E-state index contributed by atoms with van der Waals surface area (Å²) in [5, 5.41) is 1.64. The fourth-order valence-electron chi connectivity index (χ4n) is 2.28. The standard InChI is InChI=1S/C17H12ClNO2/c1-21-14-6-7-15-16(11-2-4-12(18)5-3-11)8-13(10-20)19-17(15)9-14/h2-10H,1H3. The number of carbonyl (C=O) groups is 1. The number of aromatic nitrogens is 1. The lowest BCUT2D eigenvalue weighted by Crippen LogP contribution is -1.92. The fraction of sp³-hybridized carbons (Fsp3) is 0.0588. The molecule has 0 unspecified atom stereocenters. The van der Waals surface area contributed by atoms with Gasteiger partial charge in [-0.3, -0.25) is 4.79 Å². The Hall–Kier alpha value is -2.39. The maximum absolute atomic E-state index is 11.1. The monoisotopic (exact) mass is 297 g/mol. The highest BCUT2D eigenvalue weighted by molar-refractivity contribution is 6.30. The maximum atomic E-state index is 11.1. The van der Waals surface area contributed by atoms with E-state index in [1.807, 2.05) is 42.5 Å². The summed E-state index contributed by atoms with van der Waals surface area (Å²) in [6.45, 7) is 0. The smallest absolute Gasteiger partial charge is 0.168 e. The van der Waals surface area contributed by atoms with Crippen LogP contribution < -0.4 is 4.74 Å². The molecule has 4 heteroatoms. The van der Waals surface area contributed by atoms with E-state index in [1.54, 1.807) is 13.2 Å². The Bertz CT molecular complexity index is 813. The predicted octanol–water partition coefficient (Wildman–Crippen LogP) is 4.38. The Morgan fingerprint density at radius 3 is 2.52 bits per heavy atom. The Labute approximate surface area is 127 Å². The molecule has 0 bridgehead atoms. The maximum Gasteiger partial charge on any atom is 0.168 e. The molecule has 0 amide bonds. The number of methoxy groups -OCH3 is 1. The number of hydrogen-bond acceptors (Lipinski definition) is 3. The number of halogens is 1. The number of pyridine rings is 1. The van der Waals surface area contributed by atoms with Crippen LogP contribution in [-0.4, -0.2) is 18.4 Å². The molecule has 0 saturated carbocycles. The van der Waals surface area contributed by atoms with Crippen LogP contribution >= 0.6 is 11.6 Å². The molecule has 1 heterocycles. The van der Waals surface area contributed by atoms with Crippen LogP contribution in [0.25, 0.3) is 22.0 Å². The van der Waals surface area contributed by atoms with Crippen LogP contribution in [-0.2, 0) is 0 Å². The topological polar surface area (TPSA) is 39.2 Å². The zero-order valence-corrected chi connectivity index (χ0v) is 12.1. The second-order valence-corrected chi connectivity index (χ2v) is 5.04. The molecule has 3 rings (SSSR count). The van der Waals surface area contributed by atoms with E-state index in [2.05, 4.69) is 4.98 Å². The van der Waals surface area contributed by atoms with Gasteiger partial charge in [-0.25, -0.2) is 4.98 Å². The molecule has 1 aromatic heterocycles. The minimum absolute atomic E-state index is 0.390. The number of carbonyl (C=O) groups excluding carboxylic acids is 1.